The molecule has 0 aliphatic carbocycles. The average molecular weight is 362 g/mol. The fourth-order valence-electron chi connectivity index (χ4n) is 3.04. The molecule has 0 unspecified atom stereocenters. The van der Waals surface area contributed by atoms with Gasteiger partial charge in [-0.25, -0.2) is 23.3 Å². The molecule has 0 saturated carbocycles. The summed E-state index contributed by atoms with van der Waals surface area (Å²) >= 11 is 1.65. The Labute approximate surface area is 146 Å². The fourth-order valence-corrected chi connectivity index (χ4v) is 4.11. The molecule has 0 amide bonds. The molecule has 0 spiro atoms. The van der Waals surface area contributed by atoms with Gasteiger partial charge in [0.25, 0.3) is 6.43 Å². The standard InChI is InChI=1S/C16H16F2N6S/c1-4-10-9(3)25-16-13(10)15-20-12(22-24(15)7-19-16)6-23-8(2)5-11(21-23)14(17)18/h5,7,14H,4,6H2,1-3H3. The Kier molecular flexibility index (Phi) is 3.75. The zero-order valence-electron chi connectivity index (χ0n) is 14.0. The van der Waals surface area contributed by atoms with Crippen molar-refractivity contribution >= 4 is 27.2 Å². The Bertz CT molecular complexity index is 1080. The third-order valence-corrected chi connectivity index (χ3v) is 5.30. The first-order valence-corrected chi connectivity index (χ1v) is 8.74. The predicted molar refractivity (Wildman–Crippen MR) is 91.3 cm³/mol. The van der Waals surface area contributed by atoms with Crippen molar-refractivity contribution in [3.63, 3.8) is 0 Å². The summed E-state index contributed by atoms with van der Waals surface area (Å²) in [5, 5.41) is 9.40. The molecule has 0 fully saturated rings. The van der Waals surface area contributed by atoms with Crippen molar-refractivity contribution in [2.24, 2.45) is 0 Å². The van der Waals surface area contributed by atoms with Gasteiger partial charge in [0.15, 0.2) is 11.5 Å². The molecule has 130 valence electrons. The Hall–Kier alpha value is -2.42. The number of thiophene rings is 1. The molecule has 0 aliphatic rings. The Balaban J connectivity index is 1.80. The zero-order chi connectivity index (χ0) is 17.7. The minimum atomic E-state index is -2.58. The summed E-state index contributed by atoms with van der Waals surface area (Å²) in [7, 11) is 0. The summed E-state index contributed by atoms with van der Waals surface area (Å²) in [5.74, 6) is 0.521. The minimum Gasteiger partial charge on any atom is -0.262 e. The molecule has 4 aromatic rings. The van der Waals surface area contributed by atoms with Gasteiger partial charge in [-0.3, -0.25) is 4.68 Å². The van der Waals surface area contributed by atoms with E-state index in [1.807, 2.05) is 0 Å². The molecule has 0 saturated heterocycles. The van der Waals surface area contributed by atoms with E-state index < -0.39 is 6.43 Å². The van der Waals surface area contributed by atoms with Crippen LogP contribution in [0.3, 0.4) is 0 Å². The lowest BCUT2D eigenvalue weighted by molar-refractivity contribution is 0.145. The molecule has 0 atom stereocenters. The van der Waals surface area contributed by atoms with Crippen molar-refractivity contribution in [1.82, 2.24) is 29.4 Å². The van der Waals surface area contributed by atoms with Gasteiger partial charge in [0, 0.05) is 10.6 Å². The Morgan fingerprint density at radius 3 is 2.72 bits per heavy atom. The molecule has 9 heteroatoms. The molecule has 25 heavy (non-hydrogen) atoms. The van der Waals surface area contributed by atoms with E-state index in [9.17, 15) is 8.78 Å². The van der Waals surface area contributed by atoms with Crippen LogP contribution in [0.15, 0.2) is 12.4 Å². The van der Waals surface area contributed by atoms with Gasteiger partial charge in [0.1, 0.15) is 23.4 Å². The molecule has 0 aromatic carbocycles. The van der Waals surface area contributed by atoms with Gasteiger partial charge in [-0.2, -0.15) is 5.10 Å². The number of halogens is 2. The molecular weight excluding hydrogens is 346 g/mol. The summed E-state index contributed by atoms with van der Waals surface area (Å²) < 4.78 is 28.8. The van der Waals surface area contributed by atoms with E-state index in [1.165, 1.54) is 21.2 Å². The minimum absolute atomic E-state index is 0.230. The van der Waals surface area contributed by atoms with Crippen molar-refractivity contribution in [3.05, 3.63) is 40.0 Å². The van der Waals surface area contributed by atoms with Crippen LogP contribution < -0.4 is 0 Å². The lowest BCUT2D eigenvalue weighted by Crippen LogP contribution is -2.06. The molecule has 4 heterocycles. The first-order chi connectivity index (χ1) is 12.0. The van der Waals surface area contributed by atoms with Crippen molar-refractivity contribution in [2.45, 2.75) is 40.2 Å². The number of rotatable bonds is 4. The second kappa shape index (κ2) is 5.83. The van der Waals surface area contributed by atoms with Gasteiger partial charge in [-0.15, -0.1) is 16.4 Å². The molecule has 0 aliphatic heterocycles. The van der Waals surface area contributed by atoms with Crippen molar-refractivity contribution in [2.75, 3.05) is 0 Å². The number of aromatic nitrogens is 6. The first kappa shape index (κ1) is 16.1. The maximum atomic E-state index is 12.8. The third-order valence-electron chi connectivity index (χ3n) is 4.24. The van der Waals surface area contributed by atoms with Gasteiger partial charge in [0.2, 0.25) is 0 Å². The fraction of sp³-hybridized carbons (Fsp3) is 0.375. The van der Waals surface area contributed by atoms with Crippen LogP contribution in [0, 0.1) is 13.8 Å². The number of hydrogen-bond donors (Lipinski definition) is 0. The molecule has 0 N–H and O–H groups in total. The normalized spacial score (nSPS) is 12.1. The number of hydrogen-bond acceptors (Lipinski definition) is 5. The van der Waals surface area contributed by atoms with E-state index in [-0.39, 0.29) is 12.2 Å². The van der Waals surface area contributed by atoms with Gasteiger partial charge in [-0.05, 0) is 31.9 Å². The molecule has 0 bridgehead atoms. The maximum Gasteiger partial charge on any atom is 0.282 e. The Morgan fingerprint density at radius 1 is 1.24 bits per heavy atom. The lowest BCUT2D eigenvalue weighted by Gasteiger charge is -1.99. The molecule has 4 aromatic heterocycles. The van der Waals surface area contributed by atoms with Crippen molar-refractivity contribution < 1.29 is 8.78 Å². The summed E-state index contributed by atoms with van der Waals surface area (Å²) in [5.41, 5.74) is 2.40. The van der Waals surface area contributed by atoms with Crippen LogP contribution in [0.1, 0.15) is 41.0 Å². The summed E-state index contributed by atoms with van der Waals surface area (Å²) in [6.07, 6.45) is -0.0474. The zero-order valence-corrected chi connectivity index (χ0v) is 14.8. The van der Waals surface area contributed by atoms with Crippen LogP contribution in [0.4, 0.5) is 8.78 Å². The van der Waals surface area contributed by atoms with E-state index >= 15 is 0 Å². The second-order valence-corrected chi connectivity index (χ2v) is 7.08. The highest BCUT2D eigenvalue weighted by molar-refractivity contribution is 7.18. The van der Waals surface area contributed by atoms with Gasteiger partial charge in [-0.1, -0.05) is 6.92 Å². The highest BCUT2D eigenvalue weighted by Gasteiger charge is 2.18. The van der Waals surface area contributed by atoms with Gasteiger partial charge in [0.05, 0.1) is 5.39 Å². The van der Waals surface area contributed by atoms with Crippen LogP contribution in [0.25, 0.3) is 15.9 Å². The van der Waals surface area contributed by atoms with E-state index in [4.69, 9.17) is 0 Å². The number of alkyl halides is 2. The molecule has 4 rings (SSSR count). The first-order valence-electron chi connectivity index (χ1n) is 7.92. The smallest absolute Gasteiger partial charge is 0.262 e. The van der Waals surface area contributed by atoms with Crippen molar-refractivity contribution in [1.29, 1.82) is 0 Å². The number of fused-ring (bicyclic) bond motifs is 3. The summed E-state index contributed by atoms with van der Waals surface area (Å²) in [6.45, 7) is 6.17. The van der Waals surface area contributed by atoms with E-state index in [1.54, 1.807) is 29.1 Å². The Morgan fingerprint density at radius 2 is 2.04 bits per heavy atom. The highest BCUT2D eigenvalue weighted by atomic mass is 32.1. The quantitative estimate of drug-likeness (QED) is 0.555. The summed E-state index contributed by atoms with van der Waals surface area (Å²) in [6, 6.07) is 1.39. The van der Waals surface area contributed by atoms with Gasteiger partial charge >= 0.3 is 0 Å². The maximum absolute atomic E-state index is 12.8. The topological polar surface area (TPSA) is 60.9 Å². The molecule has 0 radical (unpaired) electrons. The average Bonchev–Trinajstić information content (AvgIpc) is 3.22. The number of aryl methyl sites for hydroxylation is 3. The molecular formula is C16H16F2N6S. The van der Waals surface area contributed by atoms with Crippen LogP contribution in [0.5, 0.6) is 0 Å². The van der Waals surface area contributed by atoms with Gasteiger partial charge < -0.3 is 0 Å². The van der Waals surface area contributed by atoms with Crippen LogP contribution in [-0.4, -0.2) is 29.4 Å². The van der Waals surface area contributed by atoms with E-state index in [0.717, 1.165) is 22.3 Å². The third kappa shape index (κ3) is 2.58. The van der Waals surface area contributed by atoms with E-state index in [2.05, 4.69) is 34.0 Å². The van der Waals surface area contributed by atoms with Crippen molar-refractivity contribution in [3.8, 4) is 0 Å². The predicted octanol–water partition coefficient (Wildman–Crippen LogP) is 3.70. The lowest BCUT2D eigenvalue weighted by atomic mass is 10.1. The van der Waals surface area contributed by atoms with Crippen LogP contribution in [-0.2, 0) is 13.0 Å². The monoisotopic (exact) mass is 362 g/mol. The van der Waals surface area contributed by atoms with Crippen LogP contribution in [0.2, 0.25) is 0 Å². The molecule has 6 nitrogen and oxygen atoms in total. The summed E-state index contributed by atoms with van der Waals surface area (Å²) in [4.78, 5) is 11.3. The largest absolute Gasteiger partial charge is 0.282 e. The second-order valence-electron chi connectivity index (χ2n) is 5.88. The highest BCUT2D eigenvalue weighted by Crippen LogP contribution is 2.32. The van der Waals surface area contributed by atoms with Crippen LogP contribution >= 0.6 is 11.3 Å². The van der Waals surface area contributed by atoms with E-state index in [0.29, 0.717) is 11.5 Å². The SMILES string of the molecule is CCc1c(C)sc2ncn3nc(Cn4nc(C(F)F)cc4C)nc3c12. The number of nitrogens with zero attached hydrogens (tertiary/aromatic N) is 6.